The van der Waals surface area contributed by atoms with Gasteiger partial charge in [-0.05, 0) is 55.9 Å². The van der Waals surface area contributed by atoms with Crippen molar-refractivity contribution in [2.24, 2.45) is 0 Å². The highest BCUT2D eigenvalue weighted by atomic mass is 35.5. The second-order valence-electron chi connectivity index (χ2n) is 8.81. The van der Waals surface area contributed by atoms with Gasteiger partial charge in [0.2, 0.25) is 0 Å². The average molecular weight is 500 g/mol. The lowest BCUT2D eigenvalue weighted by atomic mass is 9.82. The number of methoxy groups -OCH3 is 1. The first-order chi connectivity index (χ1) is 16.1. The summed E-state index contributed by atoms with van der Waals surface area (Å²) in [5.41, 5.74) is 1.55. The number of hydrogen-bond donors (Lipinski definition) is 2. The number of hydrogen-bond acceptors (Lipinski definition) is 6. The molecular weight excluding hydrogens is 473 g/mol. The zero-order valence-corrected chi connectivity index (χ0v) is 20.4. The molecule has 0 saturated carbocycles. The Kier molecular flexibility index (Phi) is 7.32. The molecule has 0 spiro atoms. The van der Waals surface area contributed by atoms with E-state index in [1.807, 2.05) is 36.4 Å². The Morgan fingerprint density at radius 1 is 1.15 bits per heavy atom. The molecule has 2 fully saturated rings. The highest BCUT2D eigenvalue weighted by molar-refractivity contribution is 6.32. The molecule has 2 unspecified atom stereocenters. The molecule has 1 aromatic heterocycles. The first kappa shape index (κ1) is 24.3. The van der Waals surface area contributed by atoms with Crippen molar-refractivity contribution in [3.05, 3.63) is 58.4 Å². The first-order valence-corrected chi connectivity index (χ1v) is 11.7. The van der Waals surface area contributed by atoms with E-state index in [0.29, 0.717) is 28.8 Å². The molecule has 2 atom stereocenters. The maximum absolute atomic E-state index is 10.3. The van der Waals surface area contributed by atoms with Gasteiger partial charge in [0, 0.05) is 29.4 Å². The van der Waals surface area contributed by atoms with Crippen molar-refractivity contribution in [2.45, 2.75) is 56.8 Å². The van der Waals surface area contributed by atoms with Crippen LogP contribution in [0, 0.1) is 6.57 Å². The highest BCUT2D eigenvalue weighted by Crippen LogP contribution is 2.41. The molecule has 2 aliphatic heterocycles. The number of rotatable bonds is 5. The largest absolute Gasteiger partial charge is 0.495 e. The molecule has 5 rings (SSSR count). The van der Waals surface area contributed by atoms with Gasteiger partial charge >= 0.3 is 0 Å². The molecule has 2 saturated heterocycles. The van der Waals surface area contributed by atoms with E-state index in [1.165, 1.54) is 6.42 Å². The van der Waals surface area contributed by atoms with E-state index >= 15 is 0 Å². The molecule has 2 N–H and O–H groups in total. The van der Waals surface area contributed by atoms with Crippen LogP contribution in [-0.4, -0.2) is 40.6 Å². The van der Waals surface area contributed by atoms with Gasteiger partial charge in [0.1, 0.15) is 5.75 Å². The summed E-state index contributed by atoms with van der Waals surface area (Å²) in [5.74, 6) is 2.11. The fourth-order valence-electron chi connectivity index (χ4n) is 5.22. The van der Waals surface area contributed by atoms with Gasteiger partial charge < -0.3 is 20.1 Å². The van der Waals surface area contributed by atoms with Crippen LogP contribution in [0.3, 0.4) is 0 Å². The van der Waals surface area contributed by atoms with Crippen molar-refractivity contribution in [3.63, 3.8) is 0 Å². The lowest BCUT2D eigenvalue weighted by Crippen LogP contribution is -2.54. The molecule has 0 aliphatic carbocycles. The van der Waals surface area contributed by atoms with E-state index in [1.54, 1.807) is 7.11 Å². The predicted octanol–water partition coefficient (Wildman–Crippen LogP) is 5.76. The van der Waals surface area contributed by atoms with Crippen LogP contribution < -0.4 is 15.0 Å². The van der Waals surface area contributed by atoms with Gasteiger partial charge in [0.25, 0.3) is 0 Å². The highest BCUT2D eigenvalue weighted by Gasteiger charge is 2.39. The monoisotopic (exact) mass is 499 g/mol. The third-order valence-electron chi connectivity index (χ3n) is 6.74. The Labute approximate surface area is 210 Å². The number of aliphatic hydroxyl groups is 1. The summed E-state index contributed by atoms with van der Waals surface area (Å²) >= 11 is 6.27. The summed E-state index contributed by atoms with van der Waals surface area (Å²) in [6, 6.07) is 11.9. The number of benzene rings is 2. The molecule has 2 aliphatic rings. The van der Waals surface area contributed by atoms with Crippen LogP contribution in [0.4, 0.5) is 17.3 Å². The van der Waals surface area contributed by atoms with Gasteiger partial charge in [0.05, 0.1) is 24.8 Å². The zero-order valence-electron chi connectivity index (χ0n) is 18.9. The van der Waals surface area contributed by atoms with Crippen molar-refractivity contribution in [1.29, 1.82) is 0 Å². The number of nitrogens with zero attached hydrogens (tertiary/aromatic N) is 4. The number of ether oxygens (including phenoxy) is 1. The van der Waals surface area contributed by atoms with Crippen molar-refractivity contribution >= 4 is 52.1 Å². The fourth-order valence-corrected chi connectivity index (χ4v) is 5.50. The Morgan fingerprint density at radius 3 is 2.59 bits per heavy atom. The standard InChI is InChI=1S/C25H26ClN5O2.ClH/c1-27-16-7-8-20-21(11-16)24(28-14-15-6-9-23(33-2)22(26)10-15)29-30-25(20)31-17-4-3-5-18(31)13-19(32)12-17;/h6-11,17-19,32H,3-5,12-14H2,2H3,(H,28,29);1H. The summed E-state index contributed by atoms with van der Waals surface area (Å²) in [6.45, 7) is 7.98. The molecule has 34 heavy (non-hydrogen) atoms. The minimum atomic E-state index is -0.248. The van der Waals surface area contributed by atoms with Crippen molar-refractivity contribution in [1.82, 2.24) is 10.2 Å². The van der Waals surface area contributed by atoms with E-state index in [0.717, 1.165) is 47.8 Å². The molecule has 3 aromatic rings. The quantitative estimate of drug-likeness (QED) is 0.434. The normalized spacial score (nSPS) is 21.5. The third-order valence-corrected chi connectivity index (χ3v) is 7.04. The summed E-state index contributed by atoms with van der Waals surface area (Å²) in [7, 11) is 1.59. The Hall–Kier alpha value is -2.79. The van der Waals surface area contributed by atoms with E-state index < -0.39 is 0 Å². The van der Waals surface area contributed by atoms with Gasteiger partial charge in [-0.3, -0.25) is 0 Å². The van der Waals surface area contributed by atoms with E-state index in [9.17, 15) is 5.11 Å². The second-order valence-corrected chi connectivity index (χ2v) is 9.21. The van der Waals surface area contributed by atoms with E-state index in [2.05, 4.69) is 25.3 Å². The van der Waals surface area contributed by atoms with Crippen LogP contribution in [0.1, 0.15) is 37.7 Å². The van der Waals surface area contributed by atoms with Gasteiger partial charge in [0.15, 0.2) is 17.3 Å². The first-order valence-electron chi connectivity index (χ1n) is 11.3. The van der Waals surface area contributed by atoms with Crippen LogP contribution in [-0.2, 0) is 6.54 Å². The number of nitrogens with one attached hydrogen (secondary N) is 1. The maximum Gasteiger partial charge on any atom is 0.188 e. The van der Waals surface area contributed by atoms with Gasteiger partial charge in [-0.15, -0.1) is 22.6 Å². The SMILES string of the molecule is Cl.[C-]#[N+]c1ccc2c(N3C4CCCC3CC(O)C4)nnc(NCc3ccc(OC)c(Cl)c3)c2c1. The predicted molar refractivity (Wildman–Crippen MR) is 138 cm³/mol. The summed E-state index contributed by atoms with van der Waals surface area (Å²) in [4.78, 5) is 5.99. The molecule has 2 aromatic carbocycles. The van der Waals surface area contributed by atoms with Crippen molar-refractivity contribution in [2.75, 3.05) is 17.3 Å². The molecular formula is C25H27Cl2N5O2. The molecule has 7 nitrogen and oxygen atoms in total. The minimum Gasteiger partial charge on any atom is -0.495 e. The van der Waals surface area contributed by atoms with Crippen LogP contribution in [0.5, 0.6) is 5.75 Å². The Morgan fingerprint density at radius 2 is 1.91 bits per heavy atom. The van der Waals surface area contributed by atoms with Gasteiger partial charge in [-0.25, -0.2) is 4.85 Å². The summed E-state index contributed by atoms with van der Waals surface area (Å²) in [5, 5.41) is 25.3. The number of piperidine rings is 2. The molecule has 0 radical (unpaired) electrons. The van der Waals surface area contributed by atoms with Crippen molar-refractivity contribution in [3.8, 4) is 5.75 Å². The summed E-state index contributed by atoms with van der Waals surface area (Å²) < 4.78 is 5.23. The third kappa shape index (κ3) is 4.58. The molecule has 3 heterocycles. The zero-order chi connectivity index (χ0) is 22.9. The lowest BCUT2D eigenvalue weighted by molar-refractivity contribution is 0.0925. The second kappa shape index (κ2) is 10.2. The van der Waals surface area contributed by atoms with Crippen LogP contribution in [0.15, 0.2) is 36.4 Å². The van der Waals surface area contributed by atoms with Crippen LogP contribution in [0.2, 0.25) is 5.02 Å². The number of halogens is 2. The number of aromatic nitrogens is 2. The Balaban J connectivity index is 0.00000274. The van der Waals surface area contributed by atoms with E-state index in [-0.39, 0.29) is 30.6 Å². The summed E-state index contributed by atoms with van der Waals surface area (Å²) in [6.07, 6.45) is 4.55. The van der Waals surface area contributed by atoms with Gasteiger partial charge in [-0.2, -0.15) is 0 Å². The average Bonchev–Trinajstić information content (AvgIpc) is 2.82. The van der Waals surface area contributed by atoms with Gasteiger partial charge in [-0.1, -0.05) is 29.8 Å². The molecule has 178 valence electrons. The molecule has 9 heteroatoms. The van der Waals surface area contributed by atoms with Crippen molar-refractivity contribution < 1.29 is 9.84 Å². The van der Waals surface area contributed by atoms with Crippen LogP contribution in [0.25, 0.3) is 15.6 Å². The van der Waals surface area contributed by atoms with E-state index in [4.69, 9.17) is 22.9 Å². The lowest BCUT2D eigenvalue weighted by Gasteiger charge is -2.48. The van der Waals surface area contributed by atoms with Crippen LogP contribution >= 0.6 is 24.0 Å². The fraction of sp³-hybridized carbons (Fsp3) is 0.400. The Bertz CT molecular complexity index is 1220. The molecule has 0 amide bonds. The minimum absolute atomic E-state index is 0. The molecule has 2 bridgehead atoms. The number of aliphatic hydroxyl groups excluding tert-OH is 1. The number of fused-ring (bicyclic) bond motifs is 3. The smallest absolute Gasteiger partial charge is 0.188 e. The maximum atomic E-state index is 10.3. The topological polar surface area (TPSA) is 74.9 Å². The number of anilines is 2.